The molecule has 0 aromatic heterocycles. The minimum Gasteiger partial charge on any atom is -0.493 e. The van der Waals surface area contributed by atoms with Crippen LogP contribution in [-0.4, -0.2) is 40.2 Å². The highest BCUT2D eigenvalue weighted by atomic mass is 16.7. The van der Waals surface area contributed by atoms with Crippen molar-refractivity contribution in [3.63, 3.8) is 0 Å². The molecule has 6 nitrogen and oxygen atoms in total. The van der Waals surface area contributed by atoms with Crippen molar-refractivity contribution in [2.45, 2.75) is 25.0 Å². The largest absolute Gasteiger partial charge is 0.493 e. The minimum absolute atomic E-state index is 0.183. The number of methoxy groups -OCH3 is 4. The van der Waals surface area contributed by atoms with Crippen molar-refractivity contribution in [3.8, 4) is 17.2 Å². The zero-order chi connectivity index (χ0) is 21.3. The topological polar surface area (TPSA) is 63.2 Å². The SMILES string of the molecule is C=CCC1=CC2(OC)OC(=O)C(C1=C)C(c1cc(OC)c(OC)c(OC)c1)C2C. The number of esters is 1. The Hall–Kier alpha value is -2.73. The standard InChI is InChI=1S/C23H28O6/c1-8-9-15-12-23(28-7)14(3)20(19(13(15)2)22(24)29-23)16-10-17(25-4)21(27-6)18(11-16)26-5/h8,10-12,14,19-20H,1-2,9H2,3-7H3. The van der Waals surface area contributed by atoms with Crippen LogP contribution in [0.2, 0.25) is 0 Å². The zero-order valence-electron chi connectivity index (χ0n) is 17.6. The van der Waals surface area contributed by atoms with Gasteiger partial charge in [-0.3, -0.25) is 4.79 Å². The number of allylic oxidation sites excluding steroid dienone is 2. The lowest BCUT2D eigenvalue weighted by atomic mass is 9.71. The van der Waals surface area contributed by atoms with Gasteiger partial charge in [0, 0.05) is 18.9 Å². The van der Waals surface area contributed by atoms with E-state index in [-0.39, 0.29) is 17.8 Å². The molecule has 6 heteroatoms. The van der Waals surface area contributed by atoms with E-state index in [0.29, 0.717) is 23.7 Å². The van der Waals surface area contributed by atoms with Crippen LogP contribution < -0.4 is 14.2 Å². The van der Waals surface area contributed by atoms with Gasteiger partial charge in [-0.2, -0.15) is 0 Å². The second kappa shape index (κ2) is 7.95. The molecule has 0 amide bonds. The Balaban J connectivity index is 2.22. The summed E-state index contributed by atoms with van der Waals surface area (Å²) in [4.78, 5) is 13.1. The predicted octanol–water partition coefficient (Wildman–Crippen LogP) is 4.02. The van der Waals surface area contributed by atoms with Crippen molar-refractivity contribution in [2.75, 3.05) is 28.4 Å². The van der Waals surface area contributed by atoms with Gasteiger partial charge < -0.3 is 23.7 Å². The molecule has 156 valence electrons. The highest BCUT2D eigenvalue weighted by Gasteiger charge is 2.56. The van der Waals surface area contributed by atoms with Crippen LogP contribution in [0.5, 0.6) is 17.2 Å². The lowest BCUT2D eigenvalue weighted by molar-refractivity contribution is -0.239. The summed E-state index contributed by atoms with van der Waals surface area (Å²) in [5, 5.41) is 0. The summed E-state index contributed by atoms with van der Waals surface area (Å²) in [7, 11) is 6.24. The van der Waals surface area contributed by atoms with E-state index in [9.17, 15) is 4.79 Å². The summed E-state index contributed by atoms with van der Waals surface area (Å²) in [6.07, 6.45) is 4.23. The predicted molar refractivity (Wildman–Crippen MR) is 109 cm³/mol. The fourth-order valence-electron chi connectivity index (χ4n) is 4.46. The van der Waals surface area contributed by atoms with E-state index in [1.165, 1.54) is 0 Å². The lowest BCUT2D eigenvalue weighted by Crippen LogP contribution is -2.51. The first-order valence-electron chi connectivity index (χ1n) is 9.47. The van der Waals surface area contributed by atoms with Gasteiger partial charge in [-0.25, -0.2) is 0 Å². The summed E-state index contributed by atoms with van der Waals surface area (Å²) >= 11 is 0. The molecule has 1 aromatic rings. The first-order chi connectivity index (χ1) is 13.9. The smallest absolute Gasteiger partial charge is 0.316 e. The summed E-state index contributed by atoms with van der Waals surface area (Å²) in [6.45, 7) is 10.1. The molecular formula is C23H28O6. The third-order valence-corrected chi connectivity index (χ3v) is 5.97. The van der Waals surface area contributed by atoms with Crippen LogP contribution >= 0.6 is 0 Å². The van der Waals surface area contributed by atoms with E-state index < -0.39 is 11.7 Å². The van der Waals surface area contributed by atoms with Crippen LogP contribution in [0, 0.1) is 11.8 Å². The van der Waals surface area contributed by atoms with Gasteiger partial charge in [0.05, 0.1) is 27.2 Å². The van der Waals surface area contributed by atoms with Gasteiger partial charge in [-0.05, 0) is 41.3 Å². The van der Waals surface area contributed by atoms with E-state index in [1.54, 1.807) is 34.5 Å². The molecule has 4 atom stereocenters. The fourth-order valence-corrected chi connectivity index (χ4v) is 4.46. The van der Waals surface area contributed by atoms with Gasteiger partial charge in [0.15, 0.2) is 11.5 Å². The molecule has 0 saturated carbocycles. The zero-order valence-corrected chi connectivity index (χ0v) is 17.6. The Labute approximate surface area is 171 Å². The summed E-state index contributed by atoms with van der Waals surface area (Å²) in [6, 6.07) is 3.75. The molecule has 1 aliphatic carbocycles. The van der Waals surface area contributed by atoms with Crippen molar-refractivity contribution in [1.29, 1.82) is 0 Å². The lowest BCUT2D eigenvalue weighted by Gasteiger charge is -2.44. The van der Waals surface area contributed by atoms with Crippen molar-refractivity contribution in [1.82, 2.24) is 0 Å². The number of hydrogen-bond donors (Lipinski definition) is 0. The molecule has 2 aliphatic heterocycles. The Bertz CT molecular complexity index is 845. The number of rotatable bonds is 7. The Morgan fingerprint density at radius 3 is 2.24 bits per heavy atom. The van der Waals surface area contributed by atoms with Crippen molar-refractivity contribution < 1.29 is 28.5 Å². The number of carbonyl (C=O) groups is 1. The van der Waals surface area contributed by atoms with Crippen molar-refractivity contribution in [3.05, 3.63) is 54.2 Å². The molecule has 0 radical (unpaired) electrons. The molecule has 2 heterocycles. The number of fused-ring (bicyclic) bond motifs is 3. The number of benzene rings is 1. The van der Waals surface area contributed by atoms with E-state index in [4.69, 9.17) is 23.7 Å². The van der Waals surface area contributed by atoms with Crippen LogP contribution in [0.3, 0.4) is 0 Å². The van der Waals surface area contributed by atoms with E-state index in [0.717, 1.165) is 16.7 Å². The van der Waals surface area contributed by atoms with Gasteiger partial charge in [-0.1, -0.05) is 19.6 Å². The Morgan fingerprint density at radius 1 is 1.14 bits per heavy atom. The molecule has 4 rings (SSSR count). The van der Waals surface area contributed by atoms with Crippen molar-refractivity contribution in [2.24, 2.45) is 11.8 Å². The molecule has 0 spiro atoms. The van der Waals surface area contributed by atoms with E-state index >= 15 is 0 Å². The molecule has 1 fully saturated rings. The molecular weight excluding hydrogens is 372 g/mol. The quantitative estimate of drug-likeness (QED) is 0.509. The van der Waals surface area contributed by atoms with Crippen LogP contribution in [0.15, 0.2) is 48.6 Å². The Kier molecular flexibility index (Phi) is 5.75. The Morgan fingerprint density at radius 2 is 1.76 bits per heavy atom. The van der Waals surface area contributed by atoms with Gasteiger partial charge >= 0.3 is 5.97 Å². The number of carbonyl (C=O) groups excluding carboxylic acids is 1. The van der Waals surface area contributed by atoms with Crippen LogP contribution in [-0.2, 0) is 14.3 Å². The molecule has 29 heavy (non-hydrogen) atoms. The van der Waals surface area contributed by atoms with Crippen LogP contribution in [0.25, 0.3) is 0 Å². The van der Waals surface area contributed by atoms with Crippen LogP contribution in [0.1, 0.15) is 24.8 Å². The average Bonchev–Trinajstić information content (AvgIpc) is 2.88. The summed E-state index contributed by atoms with van der Waals surface area (Å²) in [5.41, 5.74) is 2.49. The van der Waals surface area contributed by atoms with Gasteiger partial charge in [0.25, 0.3) is 0 Å². The number of ether oxygens (including phenoxy) is 5. The molecule has 0 N–H and O–H groups in total. The van der Waals surface area contributed by atoms with E-state index in [1.807, 2.05) is 25.1 Å². The van der Waals surface area contributed by atoms with Gasteiger partial charge in [0.2, 0.25) is 11.5 Å². The highest BCUT2D eigenvalue weighted by molar-refractivity contribution is 5.82. The van der Waals surface area contributed by atoms with Crippen molar-refractivity contribution >= 4 is 5.97 Å². The first-order valence-corrected chi connectivity index (χ1v) is 9.47. The third-order valence-electron chi connectivity index (χ3n) is 5.97. The molecule has 2 bridgehead atoms. The molecule has 4 unspecified atom stereocenters. The normalized spacial score (nSPS) is 28.3. The maximum absolute atomic E-state index is 13.1. The van der Waals surface area contributed by atoms with Crippen LogP contribution in [0.4, 0.5) is 0 Å². The fraction of sp³-hybridized carbons (Fsp3) is 0.435. The minimum atomic E-state index is -1.18. The maximum Gasteiger partial charge on any atom is 0.316 e. The average molecular weight is 400 g/mol. The molecule has 1 aromatic carbocycles. The maximum atomic E-state index is 13.1. The first kappa shape index (κ1) is 21.0. The van der Waals surface area contributed by atoms with Gasteiger partial charge in [0.1, 0.15) is 0 Å². The molecule has 1 saturated heterocycles. The second-order valence-corrected chi connectivity index (χ2v) is 7.29. The molecule has 3 aliphatic rings. The third kappa shape index (κ3) is 3.21. The highest BCUT2D eigenvalue weighted by Crippen LogP contribution is 2.54. The van der Waals surface area contributed by atoms with E-state index in [2.05, 4.69) is 13.2 Å². The second-order valence-electron chi connectivity index (χ2n) is 7.29. The number of hydrogen-bond acceptors (Lipinski definition) is 6. The monoisotopic (exact) mass is 400 g/mol. The summed E-state index contributed by atoms with van der Waals surface area (Å²) < 4.78 is 28.1. The van der Waals surface area contributed by atoms with Gasteiger partial charge in [-0.15, -0.1) is 6.58 Å². The summed E-state index contributed by atoms with van der Waals surface area (Å²) in [5.74, 6) is -0.977.